The van der Waals surface area contributed by atoms with Crippen LogP contribution < -0.4 is 0 Å². The number of pyridine rings is 1. The lowest BCUT2D eigenvalue weighted by Crippen LogP contribution is -1.86. The molecule has 15 heavy (non-hydrogen) atoms. The summed E-state index contributed by atoms with van der Waals surface area (Å²) in [4.78, 5) is 10.7. The standard InChI is InChI=1S/C10H6FN3O/c11-7-3-14-10(8-4-12-5-15-8)9-6(7)1-2-13-9/h1-5,13H. The van der Waals surface area contributed by atoms with E-state index in [1.54, 1.807) is 18.5 Å². The summed E-state index contributed by atoms with van der Waals surface area (Å²) < 4.78 is 18.4. The van der Waals surface area contributed by atoms with Crippen molar-refractivity contribution in [3.05, 3.63) is 36.9 Å². The highest BCUT2D eigenvalue weighted by molar-refractivity contribution is 5.90. The van der Waals surface area contributed by atoms with Gasteiger partial charge < -0.3 is 9.40 Å². The lowest BCUT2D eigenvalue weighted by molar-refractivity contribution is 0.569. The van der Waals surface area contributed by atoms with E-state index in [-0.39, 0.29) is 5.82 Å². The molecule has 3 heterocycles. The summed E-state index contributed by atoms with van der Waals surface area (Å²) in [6, 6.07) is 1.66. The maximum Gasteiger partial charge on any atom is 0.181 e. The summed E-state index contributed by atoms with van der Waals surface area (Å²) in [7, 11) is 0. The van der Waals surface area contributed by atoms with Gasteiger partial charge in [-0.3, -0.25) is 0 Å². The van der Waals surface area contributed by atoms with Crippen LogP contribution in [0.1, 0.15) is 0 Å². The summed E-state index contributed by atoms with van der Waals surface area (Å²) in [5.41, 5.74) is 1.18. The molecule has 0 amide bonds. The third-order valence-corrected chi connectivity index (χ3v) is 2.21. The number of H-pyrrole nitrogens is 1. The number of oxazole rings is 1. The Morgan fingerprint density at radius 2 is 2.27 bits per heavy atom. The molecule has 3 aromatic rings. The summed E-state index contributed by atoms with van der Waals surface area (Å²) in [5.74, 6) is 0.164. The van der Waals surface area contributed by atoms with Gasteiger partial charge in [0, 0.05) is 11.6 Å². The van der Waals surface area contributed by atoms with Crippen molar-refractivity contribution in [3.63, 3.8) is 0 Å². The quantitative estimate of drug-likeness (QED) is 0.660. The molecule has 0 spiro atoms. The molecule has 0 aliphatic heterocycles. The summed E-state index contributed by atoms with van der Waals surface area (Å²) >= 11 is 0. The highest BCUT2D eigenvalue weighted by atomic mass is 19.1. The first kappa shape index (κ1) is 8.16. The molecule has 0 saturated heterocycles. The zero-order chi connectivity index (χ0) is 10.3. The monoisotopic (exact) mass is 203 g/mol. The number of hydrogen-bond donors (Lipinski definition) is 1. The van der Waals surface area contributed by atoms with Crippen LogP contribution in [0.15, 0.2) is 35.5 Å². The summed E-state index contributed by atoms with van der Waals surface area (Å²) in [5, 5.41) is 0.497. The number of rotatable bonds is 1. The van der Waals surface area contributed by atoms with E-state index in [4.69, 9.17) is 4.42 Å². The molecule has 5 heteroatoms. The number of nitrogens with zero attached hydrogens (tertiary/aromatic N) is 2. The highest BCUT2D eigenvalue weighted by Crippen LogP contribution is 2.26. The van der Waals surface area contributed by atoms with E-state index >= 15 is 0 Å². The molecule has 0 saturated carbocycles. The molecule has 0 unspecified atom stereocenters. The van der Waals surface area contributed by atoms with E-state index in [1.165, 1.54) is 12.6 Å². The molecule has 0 bridgehead atoms. The third kappa shape index (κ3) is 1.13. The molecule has 3 rings (SSSR count). The number of hydrogen-bond acceptors (Lipinski definition) is 3. The van der Waals surface area contributed by atoms with Gasteiger partial charge in [-0.05, 0) is 6.07 Å². The van der Waals surface area contributed by atoms with Gasteiger partial charge in [0.25, 0.3) is 0 Å². The Balaban J connectivity index is 2.37. The number of aromatic nitrogens is 3. The number of nitrogens with one attached hydrogen (secondary N) is 1. The van der Waals surface area contributed by atoms with Gasteiger partial charge in [-0.1, -0.05) is 0 Å². The summed E-state index contributed by atoms with van der Waals surface area (Å²) in [6.07, 6.45) is 5.69. The van der Waals surface area contributed by atoms with Crippen molar-refractivity contribution in [2.24, 2.45) is 0 Å². The van der Waals surface area contributed by atoms with Gasteiger partial charge in [0.1, 0.15) is 5.69 Å². The first-order valence-electron chi connectivity index (χ1n) is 4.37. The van der Waals surface area contributed by atoms with Gasteiger partial charge in [0.05, 0.1) is 17.9 Å². The fourth-order valence-corrected chi connectivity index (χ4v) is 1.54. The minimum absolute atomic E-state index is 0.352. The first-order chi connectivity index (χ1) is 7.36. The van der Waals surface area contributed by atoms with Crippen LogP contribution in [0.4, 0.5) is 4.39 Å². The average Bonchev–Trinajstić information content (AvgIpc) is 2.88. The second kappa shape index (κ2) is 2.91. The molecule has 1 N–H and O–H groups in total. The fraction of sp³-hybridized carbons (Fsp3) is 0. The Morgan fingerprint density at radius 3 is 3.07 bits per heavy atom. The third-order valence-electron chi connectivity index (χ3n) is 2.21. The number of aromatic amines is 1. The predicted octanol–water partition coefficient (Wildman–Crippen LogP) is 2.36. The van der Waals surface area contributed by atoms with Crippen molar-refractivity contribution in [2.45, 2.75) is 0 Å². The molecule has 0 atom stereocenters. The maximum atomic E-state index is 13.3. The number of fused-ring (bicyclic) bond motifs is 1. The van der Waals surface area contributed by atoms with Gasteiger partial charge in [-0.25, -0.2) is 14.4 Å². The number of halogens is 1. The van der Waals surface area contributed by atoms with E-state index in [9.17, 15) is 4.39 Å². The van der Waals surface area contributed by atoms with Crippen LogP contribution in [0.25, 0.3) is 22.4 Å². The van der Waals surface area contributed by atoms with Crippen LogP contribution in [0.2, 0.25) is 0 Å². The largest absolute Gasteiger partial charge is 0.442 e. The normalized spacial score (nSPS) is 11.0. The fourth-order valence-electron chi connectivity index (χ4n) is 1.54. The van der Waals surface area contributed by atoms with Crippen molar-refractivity contribution in [1.29, 1.82) is 0 Å². The van der Waals surface area contributed by atoms with Crippen LogP contribution in [0, 0.1) is 5.82 Å². The van der Waals surface area contributed by atoms with E-state index < -0.39 is 0 Å². The Labute approximate surface area is 83.8 Å². The lowest BCUT2D eigenvalue weighted by Gasteiger charge is -1.98. The van der Waals surface area contributed by atoms with Crippen LogP contribution in [0.5, 0.6) is 0 Å². The first-order valence-corrected chi connectivity index (χ1v) is 4.37. The minimum atomic E-state index is -0.352. The smallest absolute Gasteiger partial charge is 0.181 e. The van der Waals surface area contributed by atoms with Crippen molar-refractivity contribution < 1.29 is 8.81 Å². The molecular weight excluding hydrogens is 197 g/mol. The average molecular weight is 203 g/mol. The Morgan fingerprint density at radius 1 is 1.33 bits per heavy atom. The van der Waals surface area contributed by atoms with Gasteiger partial charge in [0.15, 0.2) is 18.0 Å². The molecule has 3 aromatic heterocycles. The summed E-state index contributed by atoms with van der Waals surface area (Å²) in [6.45, 7) is 0. The predicted molar refractivity (Wildman–Crippen MR) is 51.5 cm³/mol. The second-order valence-corrected chi connectivity index (χ2v) is 3.09. The molecular formula is C10H6FN3O. The maximum absolute atomic E-state index is 13.3. The van der Waals surface area contributed by atoms with Gasteiger partial charge in [0.2, 0.25) is 0 Å². The van der Waals surface area contributed by atoms with Gasteiger partial charge in [-0.2, -0.15) is 0 Å². The highest BCUT2D eigenvalue weighted by Gasteiger charge is 2.12. The van der Waals surface area contributed by atoms with Crippen LogP contribution in [-0.4, -0.2) is 15.0 Å². The SMILES string of the molecule is Fc1cnc(-c2cnco2)c2[nH]ccc12. The van der Waals surface area contributed by atoms with Crippen LogP contribution in [-0.2, 0) is 0 Å². The van der Waals surface area contributed by atoms with Crippen molar-refractivity contribution in [2.75, 3.05) is 0 Å². The van der Waals surface area contributed by atoms with E-state index in [0.29, 0.717) is 22.4 Å². The Kier molecular flexibility index (Phi) is 1.58. The van der Waals surface area contributed by atoms with Crippen LogP contribution in [0.3, 0.4) is 0 Å². The van der Waals surface area contributed by atoms with E-state index in [0.717, 1.165) is 0 Å². The van der Waals surface area contributed by atoms with Crippen molar-refractivity contribution in [1.82, 2.24) is 15.0 Å². The Hall–Kier alpha value is -2.17. The molecule has 0 fully saturated rings. The topological polar surface area (TPSA) is 54.7 Å². The molecule has 0 aromatic carbocycles. The Bertz CT molecular complexity index is 600. The molecule has 0 aliphatic rings. The van der Waals surface area contributed by atoms with Crippen molar-refractivity contribution >= 4 is 10.9 Å². The zero-order valence-electron chi connectivity index (χ0n) is 7.57. The molecule has 0 aliphatic carbocycles. The van der Waals surface area contributed by atoms with Gasteiger partial charge >= 0.3 is 0 Å². The van der Waals surface area contributed by atoms with Crippen molar-refractivity contribution in [3.8, 4) is 11.5 Å². The second-order valence-electron chi connectivity index (χ2n) is 3.09. The van der Waals surface area contributed by atoms with Gasteiger partial charge in [-0.15, -0.1) is 0 Å². The molecule has 0 radical (unpaired) electrons. The minimum Gasteiger partial charge on any atom is -0.442 e. The zero-order valence-corrected chi connectivity index (χ0v) is 7.57. The lowest BCUT2D eigenvalue weighted by atomic mass is 10.2. The molecule has 4 nitrogen and oxygen atoms in total. The van der Waals surface area contributed by atoms with Crippen LogP contribution >= 0.6 is 0 Å². The van der Waals surface area contributed by atoms with E-state index in [1.807, 2.05) is 0 Å². The molecule has 74 valence electrons. The van der Waals surface area contributed by atoms with E-state index in [2.05, 4.69) is 15.0 Å².